The first-order valence-corrected chi connectivity index (χ1v) is 7.04. The molecule has 0 aromatic rings. The van der Waals surface area contributed by atoms with E-state index in [1.54, 1.807) is 0 Å². The number of nitrogens with zero attached hydrogens (tertiary/aromatic N) is 2. The number of rotatable bonds is 2. The highest BCUT2D eigenvalue weighted by atomic mass is 15.3. The van der Waals surface area contributed by atoms with Gasteiger partial charge in [0.2, 0.25) is 0 Å². The fourth-order valence-corrected chi connectivity index (χ4v) is 3.13. The Morgan fingerprint density at radius 2 is 1.88 bits per heavy atom. The summed E-state index contributed by atoms with van der Waals surface area (Å²) in [6.45, 7) is 7.19. The van der Waals surface area contributed by atoms with Crippen molar-refractivity contribution in [3.05, 3.63) is 29.8 Å². The Balaban J connectivity index is 1.57. The fraction of sp³-hybridized carbons (Fsp3) is 0.667. The van der Waals surface area contributed by atoms with Crippen LogP contribution in [0.25, 0.3) is 0 Å². The van der Waals surface area contributed by atoms with Gasteiger partial charge in [-0.1, -0.05) is 18.6 Å². The molecule has 2 fully saturated rings. The first-order chi connectivity index (χ1) is 8.34. The summed E-state index contributed by atoms with van der Waals surface area (Å²) < 4.78 is 0. The summed E-state index contributed by atoms with van der Waals surface area (Å²) in [5, 5.41) is 0. The van der Waals surface area contributed by atoms with Crippen molar-refractivity contribution in [2.45, 2.75) is 38.6 Å². The summed E-state index contributed by atoms with van der Waals surface area (Å²) in [4.78, 5) is 5.28. The molecule has 1 saturated heterocycles. The highest BCUT2D eigenvalue weighted by molar-refractivity contribution is 5.34. The molecule has 0 bridgehead atoms. The van der Waals surface area contributed by atoms with Crippen molar-refractivity contribution in [2.24, 2.45) is 0 Å². The second-order valence-corrected chi connectivity index (χ2v) is 5.52. The molecule has 3 rings (SSSR count). The van der Waals surface area contributed by atoms with Gasteiger partial charge in [0, 0.05) is 37.9 Å². The predicted molar refractivity (Wildman–Crippen MR) is 71.5 cm³/mol. The summed E-state index contributed by atoms with van der Waals surface area (Å²) in [7, 11) is 0. The van der Waals surface area contributed by atoms with Crippen molar-refractivity contribution in [1.82, 2.24) is 9.80 Å². The van der Waals surface area contributed by atoms with E-state index in [-0.39, 0.29) is 0 Å². The van der Waals surface area contributed by atoms with Crippen LogP contribution in [0.3, 0.4) is 0 Å². The third-order valence-electron chi connectivity index (χ3n) is 4.47. The van der Waals surface area contributed by atoms with Gasteiger partial charge in [0.1, 0.15) is 0 Å². The van der Waals surface area contributed by atoms with Crippen molar-refractivity contribution >= 4 is 0 Å². The lowest BCUT2D eigenvalue weighted by molar-refractivity contribution is 0.0753. The third kappa shape index (κ3) is 2.28. The normalized spacial score (nSPS) is 27.5. The molecular weight excluding hydrogens is 208 g/mol. The summed E-state index contributed by atoms with van der Waals surface area (Å²) in [5.74, 6) is 0. The molecular formula is C15H23N2. The molecule has 0 atom stereocenters. The molecule has 0 spiro atoms. The topological polar surface area (TPSA) is 6.48 Å². The smallest absolute Gasteiger partial charge is 0.0353 e. The Labute approximate surface area is 105 Å². The van der Waals surface area contributed by atoms with Crippen molar-refractivity contribution in [2.75, 3.05) is 26.2 Å². The summed E-state index contributed by atoms with van der Waals surface area (Å²) in [6, 6.07) is 0.919. The molecule has 1 aliphatic heterocycles. The molecule has 2 heteroatoms. The predicted octanol–water partition coefficient (Wildman–Crippen LogP) is 2.59. The van der Waals surface area contributed by atoms with E-state index >= 15 is 0 Å². The minimum atomic E-state index is 0.919. The lowest BCUT2D eigenvalue weighted by atomic mass is 9.91. The van der Waals surface area contributed by atoms with E-state index in [0.717, 1.165) is 12.5 Å². The minimum Gasteiger partial charge on any atom is -0.369 e. The van der Waals surface area contributed by atoms with Gasteiger partial charge in [-0.15, -0.1) is 0 Å². The zero-order chi connectivity index (χ0) is 11.7. The maximum atomic E-state index is 2.70. The van der Waals surface area contributed by atoms with Crippen molar-refractivity contribution in [3.63, 3.8) is 0 Å². The SMILES string of the molecule is CC1=C[CH]CC=C1N1CCN(C2CCC2)CC1. The summed E-state index contributed by atoms with van der Waals surface area (Å²) in [6.07, 6.45) is 12.3. The Bertz CT molecular complexity index is 331. The van der Waals surface area contributed by atoms with E-state index in [9.17, 15) is 0 Å². The highest BCUT2D eigenvalue weighted by Crippen LogP contribution is 2.28. The maximum absolute atomic E-state index is 2.70. The van der Waals surface area contributed by atoms with E-state index in [1.807, 2.05) is 0 Å². The fourth-order valence-electron chi connectivity index (χ4n) is 3.13. The van der Waals surface area contributed by atoms with Crippen LogP contribution in [0.2, 0.25) is 0 Å². The van der Waals surface area contributed by atoms with Gasteiger partial charge in [0.05, 0.1) is 0 Å². The number of hydrogen-bond donors (Lipinski definition) is 0. The average molecular weight is 231 g/mol. The number of piperazine rings is 1. The van der Waals surface area contributed by atoms with E-state index < -0.39 is 0 Å². The molecule has 1 radical (unpaired) electrons. The first kappa shape index (κ1) is 11.3. The molecule has 0 aromatic carbocycles. The van der Waals surface area contributed by atoms with Crippen LogP contribution in [-0.2, 0) is 0 Å². The Morgan fingerprint density at radius 1 is 1.12 bits per heavy atom. The molecule has 1 heterocycles. The Kier molecular flexibility index (Phi) is 3.24. The molecule has 2 aliphatic carbocycles. The largest absolute Gasteiger partial charge is 0.369 e. The number of allylic oxidation sites excluding steroid dienone is 3. The van der Waals surface area contributed by atoms with Gasteiger partial charge in [0.15, 0.2) is 0 Å². The first-order valence-electron chi connectivity index (χ1n) is 7.04. The molecule has 0 unspecified atom stereocenters. The van der Waals surface area contributed by atoms with Crippen molar-refractivity contribution < 1.29 is 0 Å². The van der Waals surface area contributed by atoms with Crippen molar-refractivity contribution in [1.29, 1.82) is 0 Å². The third-order valence-corrected chi connectivity index (χ3v) is 4.47. The van der Waals surface area contributed by atoms with Crippen LogP contribution < -0.4 is 0 Å². The second-order valence-electron chi connectivity index (χ2n) is 5.52. The zero-order valence-electron chi connectivity index (χ0n) is 10.9. The average Bonchev–Trinajstić information content (AvgIpc) is 2.29. The van der Waals surface area contributed by atoms with Crippen molar-refractivity contribution in [3.8, 4) is 0 Å². The van der Waals surface area contributed by atoms with Crippen LogP contribution >= 0.6 is 0 Å². The molecule has 0 N–H and O–H groups in total. The van der Waals surface area contributed by atoms with E-state index in [1.165, 1.54) is 56.7 Å². The highest BCUT2D eigenvalue weighted by Gasteiger charge is 2.28. The molecule has 2 nitrogen and oxygen atoms in total. The molecule has 0 aromatic heterocycles. The van der Waals surface area contributed by atoms with Gasteiger partial charge < -0.3 is 4.90 Å². The summed E-state index contributed by atoms with van der Waals surface area (Å²) >= 11 is 0. The zero-order valence-corrected chi connectivity index (χ0v) is 10.9. The van der Waals surface area contributed by atoms with Gasteiger partial charge >= 0.3 is 0 Å². The molecule has 0 amide bonds. The monoisotopic (exact) mass is 231 g/mol. The van der Waals surface area contributed by atoms with Crippen LogP contribution in [0, 0.1) is 6.42 Å². The van der Waals surface area contributed by atoms with Gasteiger partial charge in [0.25, 0.3) is 0 Å². The Hall–Kier alpha value is -0.760. The van der Waals surface area contributed by atoms with Gasteiger partial charge in [-0.2, -0.15) is 0 Å². The van der Waals surface area contributed by atoms with Gasteiger partial charge in [-0.3, -0.25) is 4.90 Å². The second kappa shape index (κ2) is 4.85. The maximum Gasteiger partial charge on any atom is 0.0353 e. The van der Waals surface area contributed by atoms with Gasteiger partial charge in [-0.25, -0.2) is 0 Å². The Morgan fingerprint density at radius 3 is 2.47 bits per heavy atom. The molecule has 3 aliphatic rings. The van der Waals surface area contributed by atoms with Crippen LogP contribution in [0.15, 0.2) is 23.4 Å². The van der Waals surface area contributed by atoms with E-state index in [4.69, 9.17) is 0 Å². The van der Waals surface area contributed by atoms with Crippen LogP contribution in [0.5, 0.6) is 0 Å². The lowest BCUT2D eigenvalue weighted by Crippen LogP contribution is -2.51. The lowest BCUT2D eigenvalue weighted by Gasteiger charge is -2.44. The van der Waals surface area contributed by atoms with E-state index in [2.05, 4.69) is 35.3 Å². The minimum absolute atomic E-state index is 0.919. The van der Waals surface area contributed by atoms with Gasteiger partial charge in [-0.05, 0) is 38.2 Å². The molecule has 93 valence electrons. The standard InChI is InChI=1S/C15H23N2/c1-13-5-2-3-8-15(13)17-11-9-16(10-12-17)14-6-4-7-14/h2,5,8,14H,3-4,6-7,9-12H2,1H3. The summed E-state index contributed by atoms with van der Waals surface area (Å²) in [5.41, 5.74) is 2.93. The molecule has 1 saturated carbocycles. The van der Waals surface area contributed by atoms with Crippen LogP contribution in [-0.4, -0.2) is 42.0 Å². The van der Waals surface area contributed by atoms with Crippen LogP contribution in [0.4, 0.5) is 0 Å². The van der Waals surface area contributed by atoms with Crippen LogP contribution in [0.1, 0.15) is 32.6 Å². The molecule has 17 heavy (non-hydrogen) atoms. The quantitative estimate of drug-likeness (QED) is 0.721. The number of hydrogen-bond acceptors (Lipinski definition) is 2. The van der Waals surface area contributed by atoms with E-state index in [0.29, 0.717) is 0 Å².